The van der Waals surface area contributed by atoms with Gasteiger partial charge in [-0.25, -0.2) is 13.8 Å². The molecule has 4 rings (SSSR count). The molecule has 0 saturated carbocycles. The van der Waals surface area contributed by atoms with Gasteiger partial charge in [0.25, 0.3) is 0 Å². The first kappa shape index (κ1) is 22.2. The molecule has 0 aliphatic heterocycles. The minimum absolute atomic E-state index is 0.0448. The first-order chi connectivity index (χ1) is 15.4. The first-order valence-corrected chi connectivity index (χ1v) is 11.6. The zero-order chi connectivity index (χ0) is 22.7. The number of anilines is 1. The lowest BCUT2D eigenvalue weighted by molar-refractivity contribution is -0.113. The molecule has 0 aliphatic carbocycles. The number of amides is 1. The Morgan fingerprint density at radius 1 is 1.28 bits per heavy atom. The summed E-state index contributed by atoms with van der Waals surface area (Å²) in [5, 5.41) is 13.6. The number of hydrogen-bond donors (Lipinski definition) is 1. The molecule has 0 aliphatic rings. The normalized spacial score (nSPS) is 11.3. The van der Waals surface area contributed by atoms with E-state index < -0.39 is 11.6 Å². The third-order valence-corrected chi connectivity index (χ3v) is 6.02. The molecule has 0 radical (unpaired) electrons. The summed E-state index contributed by atoms with van der Waals surface area (Å²) in [5.74, 6) is 0.192. The lowest BCUT2D eigenvalue weighted by atomic mass is 10.1. The summed E-state index contributed by atoms with van der Waals surface area (Å²) >= 11 is 2.38. The van der Waals surface area contributed by atoms with Gasteiger partial charge in [-0.05, 0) is 36.2 Å². The number of thiazole rings is 1. The molecule has 0 bridgehead atoms. The van der Waals surface area contributed by atoms with Crippen LogP contribution in [0.5, 0.6) is 0 Å². The van der Waals surface area contributed by atoms with E-state index in [9.17, 15) is 13.6 Å². The molecule has 11 heteroatoms. The molecule has 1 aromatic carbocycles. The number of thioether (sulfide) groups is 1. The van der Waals surface area contributed by atoms with Crippen molar-refractivity contribution >= 4 is 34.1 Å². The Balaban J connectivity index is 1.43. The molecule has 4 aromatic rings. The number of benzene rings is 1. The molecule has 0 atom stereocenters. The highest BCUT2D eigenvalue weighted by molar-refractivity contribution is 7.99. The first-order valence-electron chi connectivity index (χ1n) is 9.71. The summed E-state index contributed by atoms with van der Waals surface area (Å²) in [7, 11) is 0. The summed E-state index contributed by atoms with van der Waals surface area (Å²) in [6.45, 7) is 4.82. The minimum Gasteiger partial charge on any atom is -0.461 e. The topological polar surface area (TPSA) is 85.8 Å². The number of nitrogens with one attached hydrogen (secondary N) is 1. The Hall–Kier alpha value is -3.05. The monoisotopic (exact) mass is 475 g/mol. The quantitative estimate of drug-likeness (QED) is 0.347. The summed E-state index contributed by atoms with van der Waals surface area (Å²) < 4.78 is 34.8. The number of carbonyl (C=O) groups excluding carboxylic acids is 1. The Labute approximate surface area is 190 Å². The Kier molecular flexibility index (Phi) is 6.66. The van der Waals surface area contributed by atoms with E-state index in [1.54, 1.807) is 17.7 Å². The van der Waals surface area contributed by atoms with E-state index in [0.717, 1.165) is 29.5 Å². The van der Waals surface area contributed by atoms with Gasteiger partial charge >= 0.3 is 0 Å². The molecule has 166 valence electrons. The van der Waals surface area contributed by atoms with E-state index >= 15 is 0 Å². The Bertz CT molecular complexity index is 1220. The van der Waals surface area contributed by atoms with E-state index in [0.29, 0.717) is 34.3 Å². The van der Waals surface area contributed by atoms with Crippen LogP contribution in [0.3, 0.4) is 0 Å². The van der Waals surface area contributed by atoms with Crippen LogP contribution < -0.4 is 5.32 Å². The maximum atomic E-state index is 14.0. The molecular formula is C21H19F2N5O2S2. The van der Waals surface area contributed by atoms with Crippen molar-refractivity contribution in [1.29, 1.82) is 0 Å². The van der Waals surface area contributed by atoms with E-state index in [4.69, 9.17) is 4.42 Å². The van der Waals surface area contributed by atoms with Crippen LogP contribution >= 0.6 is 23.1 Å². The lowest BCUT2D eigenvalue weighted by Gasteiger charge is -2.11. The molecule has 0 unspecified atom stereocenters. The number of aromatic nitrogens is 4. The molecular weight excluding hydrogens is 456 g/mol. The van der Waals surface area contributed by atoms with Crippen molar-refractivity contribution < 1.29 is 18.0 Å². The summed E-state index contributed by atoms with van der Waals surface area (Å²) in [4.78, 5) is 16.6. The van der Waals surface area contributed by atoms with Crippen molar-refractivity contribution in [3.8, 4) is 22.8 Å². The zero-order valence-electron chi connectivity index (χ0n) is 17.2. The van der Waals surface area contributed by atoms with Gasteiger partial charge in [0, 0.05) is 17.5 Å². The molecule has 0 fully saturated rings. The molecule has 0 saturated heterocycles. The second kappa shape index (κ2) is 9.61. The predicted molar refractivity (Wildman–Crippen MR) is 119 cm³/mol. The number of rotatable bonds is 8. The van der Waals surface area contributed by atoms with Crippen molar-refractivity contribution in [2.24, 2.45) is 5.92 Å². The lowest BCUT2D eigenvalue weighted by Crippen LogP contribution is -2.15. The number of carbonyl (C=O) groups is 1. The van der Waals surface area contributed by atoms with Crippen molar-refractivity contribution in [3.63, 3.8) is 0 Å². The maximum Gasteiger partial charge on any atom is 0.236 e. The van der Waals surface area contributed by atoms with Crippen LogP contribution in [-0.4, -0.2) is 31.4 Å². The van der Waals surface area contributed by atoms with E-state index in [1.165, 1.54) is 11.8 Å². The third kappa shape index (κ3) is 5.05. The van der Waals surface area contributed by atoms with Crippen LogP contribution in [0, 0.1) is 17.6 Å². The van der Waals surface area contributed by atoms with Crippen molar-refractivity contribution in [1.82, 2.24) is 19.7 Å². The molecule has 3 aromatic heterocycles. The van der Waals surface area contributed by atoms with Crippen LogP contribution in [-0.2, 0) is 11.3 Å². The number of nitrogens with zero attached hydrogens (tertiary/aromatic N) is 4. The fraction of sp³-hybridized carbons (Fsp3) is 0.238. The predicted octanol–water partition coefficient (Wildman–Crippen LogP) is 5.33. The van der Waals surface area contributed by atoms with Crippen molar-refractivity contribution in [2.75, 3.05) is 11.1 Å². The Morgan fingerprint density at radius 2 is 2.12 bits per heavy atom. The van der Waals surface area contributed by atoms with E-state index in [-0.39, 0.29) is 22.9 Å². The van der Waals surface area contributed by atoms with Gasteiger partial charge in [-0.3, -0.25) is 9.36 Å². The average Bonchev–Trinajstić information content (AvgIpc) is 3.49. The molecule has 1 N–H and O–H groups in total. The van der Waals surface area contributed by atoms with E-state index in [2.05, 4.69) is 34.3 Å². The van der Waals surface area contributed by atoms with Crippen molar-refractivity contribution in [2.45, 2.75) is 25.5 Å². The standard InChI is InChI=1S/C21H19F2N5O2S2/c1-12(2)9-28-19(17-4-3-7-30-17)26-27-21(28)32-11-18(29)25-20-24-16(10-31-20)14-8-13(22)5-6-15(14)23/h3-8,10,12H,9,11H2,1-2H3,(H,24,25,29). The van der Waals surface area contributed by atoms with Crippen LogP contribution in [0.15, 0.2) is 51.5 Å². The second-order valence-corrected chi connectivity index (χ2v) is 9.09. The molecule has 3 heterocycles. The van der Waals surface area contributed by atoms with Gasteiger partial charge < -0.3 is 9.73 Å². The third-order valence-electron chi connectivity index (χ3n) is 4.29. The minimum atomic E-state index is -0.581. The highest BCUT2D eigenvalue weighted by atomic mass is 32.2. The Morgan fingerprint density at radius 3 is 2.88 bits per heavy atom. The number of furan rings is 1. The van der Waals surface area contributed by atoms with Gasteiger partial charge in [0.2, 0.25) is 5.91 Å². The largest absolute Gasteiger partial charge is 0.461 e. The van der Waals surface area contributed by atoms with Crippen LogP contribution in [0.1, 0.15) is 13.8 Å². The zero-order valence-corrected chi connectivity index (χ0v) is 18.8. The highest BCUT2D eigenvalue weighted by Gasteiger charge is 2.19. The summed E-state index contributed by atoms with van der Waals surface area (Å²) in [5.41, 5.74) is 0.304. The average molecular weight is 476 g/mol. The van der Waals surface area contributed by atoms with Gasteiger partial charge in [-0.1, -0.05) is 25.6 Å². The fourth-order valence-corrected chi connectivity index (χ4v) is 4.42. The van der Waals surface area contributed by atoms with Crippen LogP contribution in [0.4, 0.5) is 13.9 Å². The highest BCUT2D eigenvalue weighted by Crippen LogP contribution is 2.29. The van der Waals surface area contributed by atoms with Crippen LogP contribution in [0.25, 0.3) is 22.8 Å². The molecule has 1 amide bonds. The summed E-state index contributed by atoms with van der Waals surface area (Å²) in [6.07, 6.45) is 1.57. The van der Waals surface area contributed by atoms with Gasteiger partial charge in [-0.15, -0.1) is 21.5 Å². The van der Waals surface area contributed by atoms with Gasteiger partial charge in [0.1, 0.15) is 11.6 Å². The number of hydrogen-bond acceptors (Lipinski definition) is 7. The van der Waals surface area contributed by atoms with Gasteiger partial charge in [0.05, 0.1) is 17.7 Å². The molecule has 32 heavy (non-hydrogen) atoms. The smallest absolute Gasteiger partial charge is 0.236 e. The fourth-order valence-electron chi connectivity index (χ4n) is 2.95. The summed E-state index contributed by atoms with van der Waals surface area (Å²) in [6, 6.07) is 6.75. The van der Waals surface area contributed by atoms with Crippen molar-refractivity contribution in [3.05, 3.63) is 53.6 Å². The maximum absolute atomic E-state index is 14.0. The van der Waals surface area contributed by atoms with E-state index in [1.807, 2.05) is 10.6 Å². The van der Waals surface area contributed by atoms with Crippen LogP contribution in [0.2, 0.25) is 0 Å². The molecule has 7 nitrogen and oxygen atoms in total. The van der Waals surface area contributed by atoms with Gasteiger partial charge in [0.15, 0.2) is 21.9 Å². The van der Waals surface area contributed by atoms with Gasteiger partial charge in [-0.2, -0.15) is 0 Å². The molecule has 0 spiro atoms. The SMILES string of the molecule is CC(C)Cn1c(SCC(=O)Nc2nc(-c3cc(F)ccc3F)cs2)nnc1-c1ccco1. The number of halogens is 2. The second-order valence-electron chi connectivity index (χ2n) is 7.29.